The number of hydrogen-bond donors (Lipinski definition) is 1. The number of ether oxygens (including phenoxy) is 1. The zero-order valence-electron chi connectivity index (χ0n) is 9.25. The van der Waals surface area contributed by atoms with Crippen molar-refractivity contribution in [1.29, 1.82) is 0 Å². The van der Waals surface area contributed by atoms with Gasteiger partial charge < -0.3 is 10.5 Å². The van der Waals surface area contributed by atoms with Crippen LogP contribution in [0.25, 0.3) is 11.1 Å². The first-order valence-electron chi connectivity index (χ1n) is 4.96. The maximum Gasteiger partial charge on any atom is 0.341 e. The molecule has 5 heteroatoms. The first-order valence-corrected chi connectivity index (χ1v) is 4.96. The molecule has 0 atom stereocenters. The molecule has 0 aliphatic heterocycles. The van der Waals surface area contributed by atoms with E-state index < -0.39 is 5.97 Å². The average molecular weight is 229 g/mol. The number of nitrogens with two attached hydrogens (primary N) is 1. The molecule has 86 valence electrons. The van der Waals surface area contributed by atoms with Gasteiger partial charge in [-0.05, 0) is 12.1 Å². The number of carbonyl (C=O) groups is 1. The molecule has 0 unspecified atom stereocenters. The van der Waals surface area contributed by atoms with Crippen molar-refractivity contribution >= 4 is 11.8 Å². The van der Waals surface area contributed by atoms with Crippen LogP contribution in [0.2, 0.25) is 0 Å². The van der Waals surface area contributed by atoms with Crippen molar-refractivity contribution in [2.45, 2.75) is 0 Å². The Kier molecular flexibility index (Phi) is 3.00. The Hall–Kier alpha value is -2.43. The maximum absolute atomic E-state index is 11.5. The first kappa shape index (κ1) is 11.1. The number of methoxy groups -OCH3 is 1. The second kappa shape index (κ2) is 4.61. The summed E-state index contributed by atoms with van der Waals surface area (Å²) in [6, 6.07) is 5.33. The topological polar surface area (TPSA) is 78.1 Å². The van der Waals surface area contributed by atoms with E-state index in [-0.39, 0.29) is 11.4 Å². The predicted octanol–water partition coefficient (Wildman–Crippen LogP) is 1.51. The lowest BCUT2D eigenvalue weighted by atomic mass is 10.1. The highest BCUT2D eigenvalue weighted by Gasteiger charge is 2.12. The minimum atomic E-state index is -0.499. The summed E-state index contributed by atoms with van der Waals surface area (Å²) in [6.07, 6.45) is 4.96. The summed E-state index contributed by atoms with van der Waals surface area (Å²) in [4.78, 5) is 19.4. The van der Waals surface area contributed by atoms with Crippen LogP contribution in [0.15, 0.2) is 36.8 Å². The Morgan fingerprint density at radius 3 is 2.82 bits per heavy atom. The van der Waals surface area contributed by atoms with Gasteiger partial charge in [0.25, 0.3) is 0 Å². The van der Waals surface area contributed by atoms with E-state index in [0.717, 1.165) is 11.1 Å². The molecular formula is C12H11N3O2. The molecule has 0 aromatic carbocycles. The van der Waals surface area contributed by atoms with E-state index in [0.29, 0.717) is 0 Å². The first-order chi connectivity index (χ1) is 8.22. The van der Waals surface area contributed by atoms with Crippen LogP contribution >= 0.6 is 0 Å². The van der Waals surface area contributed by atoms with Gasteiger partial charge in [-0.25, -0.2) is 9.78 Å². The normalized spacial score (nSPS) is 9.94. The minimum Gasteiger partial charge on any atom is -0.465 e. The summed E-state index contributed by atoms with van der Waals surface area (Å²) >= 11 is 0. The van der Waals surface area contributed by atoms with Crippen molar-refractivity contribution < 1.29 is 9.53 Å². The van der Waals surface area contributed by atoms with Gasteiger partial charge in [-0.2, -0.15) is 0 Å². The van der Waals surface area contributed by atoms with Gasteiger partial charge in [-0.15, -0.1) is 0 Å². The average Bonchev–Trinajstić information content (AvgIpc) is 2.39. The largest absolute Gasteiger partial charge is 0.465 e. The molecular weight excluding hydrogens is 218 g/mol. The van der Waals surface area contributed by atoms with Gasteiger partial charge in [0.1, 0.15) is 11.4 Å². The summed E-state index contributed by atoms with van der Waals surface area (Å²) in [5.74, 6) is -0.342. The molecule has 0 bridgehead atoms. The van der Waals surface area contributed by atoms with Crippen LogP contribution in [0, 0.1) is 0 Å². The number of anilines is 1. The lowest BCUT2D eigenvalue weighted by molar-refractivity contribution is 0.0601. The Morgan fingerprint density at radius 2 is 2.18 bits per heavy atom. The monoisotopic (exact) mass is 229 g/mol. The van der Waals surface area contributed by atoms with Gasteiger partial charge in [-0.3, -0.25) is 4.98 Å². The molecule has 0 aliphatic rings. The Balaban J connectivity index is 2.48. The van der Waals surface area contributed by atoms with Crippen molar-refractivity contribution in [1.82, 2.24) is 9.97 Å². The van der Waals surface area contributed by atoms with Gasteiger partial charge in [0, 0.05) is 29.7 Å². The number of carbonyl (C=O) groups excluding carboxylic acids is 1. The highest BCUT2D eigenvalue weighted by Crippen LogP contribution is 2.21. The summed E-state index contributed by atoms with van der Waals surface area (Å²) < 4.78 is 4.63. The SMILES string of the molecule is COC(=O)c1cc(-c2cccnc2)cnc1N. The van der Waals surface area contributed by atoms with Crippen LogP contribution in [0.4, 0.5) is 5.82 Å². The van der Waals surface area contributed by atoms with Crippen LogP contribution in [0.5, 0.6) is 0 Å². The minimum absolute atomic E-state index is 0.157. The highest BCUT2D eigenvalue weighted by atomic mass is 16.5. The van der Waals surface area contributed by atoms with Crippen molar-refractivity contribution in [3.8, 4) is 11.1 Å². The van der Waals surface area contributed by atoms with Crippen molar-refractivity contribution in [2.24, 2.45) is 0 Å². The van der Waals surface area contributed by atoms with E-state index in [9.17, 15) is 4.79 Å². The van der Waals surface area contributed by atoms with Gasteiger partial charge in [-0.1, -0.05) is 6.07 Å². The van der Waals surface area contributed by atoms with Crippen LogP contribution in [-0.2, 0) is 4.74 Å². The molecule has 5 nitrogen and oxygen atoms in total. The number of aromatic nitrogens is 2. The molecule has 2 N–H and O–H groups in total. The number of nitrogens with zero attached hydrogens (tertiary/aromatic N) is 2. The molecule has 0 radical (unpaired) electrons. The van der Waals surface area contributed by atoms with Gasteiger partial charge >= 0.3 is 5.97 Å². The van der Waals surface area contributed by atoms with E-state index in [1.54, 1.807) is 24.7 Å². The van der Waals surface area contributed by atoms with Crippen LogP contribution in [0.1, 0.15) is 10.4 Å². The van der Waals surface area contributed by atoms with Gasteiger partial charge in [0.05, 0.1) is 7.11 Å². The smallest absolute Gasteiger partial charge is 0.341 e. The molecule has 2 heterocycles. The molecule has 0 amide bonds. The molecule has 2 aromatic heterocycles. The Morgan fingerprint density at radius 1 is 1.35 bits per heavy atom. The molecule has 0 spiro atoms. The molecule has 0 fully saturated rings. The van der Waals surface area contributed by atoms with Crippen LogP contribution < -0.4 is 5.73 Å². The van der Waals surface area contributed by atoms with E-state index in [4.69, 9.17) is 5.73 Å². The quantitative estimate of drug-likeness (QED) is 0.790. The molecule has 0 saturated carbocycles. The second-order valence-corrected chi connectivity index (χ2v) is 3.39. The van der Waals surface area contributed by atoms with Gasteiger partial charge in [0.15, 0.2) is 0 Å². The summed E-state index contributed by atoms with van der Waals surface area (Å²) in [5.41, 5.74) is 7.51. The summed E-state index contributed by atoms with van der Waals surface area (Å²) in [7, 11) is 1.30. The number of pyridine rings is 2. The molecule has 17 heavy (non-hydrogen) atoms. The zero-order chi connectivity index (χ0) is 12.3. The number of esters is 1. The summed E-state index contributed by atoms with van der Waals surface area (Å²) in [5, 5.41) is 0. The Labute approximate surface area is 98.3 Å². The fraction of sp³-hybridized carbons (Fsp3) is 0.0833. The third kappa shape index (κ3) is 2.23. The lowest BCUT2D eigenvalue weighted by Crippen LogP contribution is -2.07. The molecule has 2 aromatic rings. The number of hydrogen-bond acceptors (Lipinski definition) is 5. The molecule has 0 saturated heterocycles. The second-order valence-electron chi connectivity index (χ2n) is 3.39. The van der Waals surface area contributed by atoms with E-state index in [2.05, 4.69) is 14.7 Å². The van der Waals surface area contributed by atoms with Crippen LogP contribution in [0.3, 0.4) is 0 Å². The number of nitrogen functional groups attached to an aromatic ring is 1. The molecule has 2 rings (SSSR count). The highest BCUT2D eigenvalue weighted by molar-refractivity contribution is 5.95. The van der Waals surface area contributed by atoms with E-state index in [1.165, 1.54) is 7.11 Å². The third-order valence-corrected chi connectivity index (χ3v) is 2.32. The lowest BCUT2D eigenvalue weighted by Gasteiger charge is -2.05. The van der Waals surface area contributed by atoms with Gasteiger partial charge in [0.2, 0.25) is 0 Å². The van der Waals surface area contributed by atoms with E-state index >= 15 is 0 Å². The zero-order valence-corrected chi connectivity index (χ0v) is 9.25. The van der Waals surface area contributed by atoms with Crippen molar-refractivity contribution in [2.75, 3.05) is 12.8 Å². The number of rotatable bonds is 2. The van der Waals surface area contributed by atoms with Crippen LogP contribution in [-0.4, -0.2) is 23.0 Å². The maximum atomic E-state index is 11.5. The standard InChI is InChI=1S/C12H11N3O2/c1-17-12(16)10-5-9(7-15-11(10)13)8-3-2-4-14-6-8/h2-7H,1H3,(H2,13,15). The summed E-state index contributed by atoms with van der Waals surface area (Å²) in [6.45, 7) is 0. The fourth-order valence-corrected chi connectivity index (χ4v) is 1.44. The predicted molar refractivity (Wildman–Crippen MR) is 63.2 cm³/mol. The Bertz CT molecular complexity index is 541. The fourth-order valence-electron chi connectivity index (χ4n) is 1.44. The third-order valence-electron chi connectivity index (χ3n) is 2.32. The van der Waals surface area contributed by atoms with E-state index in [1.807, 2.05) is 12.1 Å². The van der Waals surface area contributed by atoms with Crippen molar-refractivity contribution in [3.63, 3.8) is 0 Å². The van der Waals surface area contributed by atoms with Crippen molar-refractivity contribution in [3.05, 3.63) is 42.4 Å². The molecule has 0 aliphatic carbocycles.